The SMILES string of the molecule is Cc1nn(C)c(C)c1CC(C)C(=O)N1CCCC(C(C)O)C1. The Morgan fingerprint density at radius 3 is 2.64 bits per heavy atom. The second-order valence-corrected chi connectivity index (χ2v) is 6.81. The Balaban J connectivity index is 2.03. The first-order chi connectivity index (χ1) is 10.3. The molecule has 0 radical (unpaired) electrons. The normalized spacial score (nSPS) is 21.7. The van der Waals surface area contributed by atoms with Crippen LogP contribution >= 0.6 is 0 Å². The lowest BCUT2D eigenvalue weighted by Crippen LogP contribution is -2.45. The zero-order valence-electron chi connectivity index (χ0n) is 14.5. The number of likely N-dealkylation sites (tertiary alicyclic amines) is 1. The van der Waals surface area contributed by atoms with E-state index in [0.29, 0.717) is 6.54 Å². The van der Waals surface area contributed by atoms with E-state index in [1.807, 2.05) is 37.4 Å². The molecule has 2 rings (SSSR count). The summed E-state index contributed by atoms with van der Waals surface area (Å²) in [4.78, 5) is 14.7. The molecule has 1 aliphatic rings. The first-order valence-electron chi connectivity index (χ1n) is 8.27. The van der Waals surface area contributed by atoms with E-state index >= 15 is 0 Å². The van der Waals surface area contributed by atoms with Crippen molar-refractivity contribution in [1.82, 2.24) is 14.7 Å². The number of hydrogen-bond donors (Lipinski definition) is 1. The van der Waals surface area contributed by atoms with Crippen LogP contribution in [-0.4, -0.2) is 44.9 Å². The molecule has 1 fully saturated rings. The second kappa shape index (κ2) is 6.82. The minimum atomic E-state index is -0.339. The average Bonchev–Trinajstić information content (AvgIpc) is 2.73. The summed E-state index contributed by atoms with van der Waals surface area (Å²) in [5.74, 6) is 0.370. The molecule has 3 unspecified atom stereocenters. The van der Waals surface area contributed by atoms with Crippen LogP contribution in [0.2, 0.25) is 0 Å². The van der Waals surface area contributed by atoms with Crippen LogP contribution in [0.3, 0.4) is 0 Å². The fraction of sp³-hybridized carbons (Fsp3) is 0.765. The van der Waals surface area contributed by atoms with Crippen molar-refractivity contribution < 1.29 is 9.90 Å². The van der Waals surface area contributed by atoms with E-state index in [4.69, 9.17) is 0 Å². The molecule has 2 heterocycles. The zero-order chi connectivity index (χ0) is 16.4. The average molecular weight is 307 g/mol. The van der Waals surface area contributed by atoms with Crippen molar-refractivity contribution in [3.63, 3.8) is 0 Å². The van der Waals surface area contributed by atoms with Crippen LogP contribution in [0.25, 0.3) is 0 Å². The molecule has 0 bridgehead atoms. The van der Waals surface area contributed by atoms with Gasteiger partial charge in [-0.15, -0.1) is 0 Å². The van der Waals surface area contributed by atoms with Crippen molar-refractivity contribution in [2.45, 2.75) is 53.1 Å². The standard InChI is InChI=1S/C17H29N3O2/c1-11(9-16-12(2)18-19(5)13(16)3)17(22)20-8-6-7-15(10-20)14(4)21/h11,14-15,21H,6-10H2,1-5H3. The van der Waals surface area contributed by atoms with Gasteiger partial charge in [0.1, 0.15) is 0 Å². The molecule has 1 N–H and O–H groups in total. The summed E-state index contributed by atoms with van der Waals surface area (Å²) in [7, 11) is 1.94. The predicted octanol–water partition coefficient (Wildman–Crippen LogP) is 1.83. The highest BCUT2D eigenvalue weighted by molar-refractivity contribution is 5.79. The van der Waals surface area contributed by atoms with Crippen LogP contribution in [0.5, 0.6) is 0 Å². The number of rotatable bonds is 4. The lowest BCUT2D eigenvalue weighted by atomic mass is 9.91. The quantitative estimate of drug-likeness (QED) is 0.923. The summed E-state index contributed by atoms with van der Waals surface area (Å²) in [5, 5.41) is 14.2. The molecule has 0 saturated carbocycles. The van der Waals surface area contributed by atoms with E-state index in [-0.39, 0.29) is 23.8 Å². The number of aryl methyl sites for hydroxylation is 2. The highest BCUT2D eigenvalue weighted by atomic mass is 16.3. The summed E-state index contributed by atoms with van der Waals surface area (Å²) in [5.41, 5.74) is 3.34. The van der Waals surface area contributed by atoms with Crippen molar-refractivity contribution in [2.24, 2.45) is 18.9 Å². The molecule has 1 amide bonds. The van der Waals surface area contributed by atoms with E-state index in [0.717, 1.165) is 37.2 Å². The van der Waals surface area contributed by atoms with Crippen LogP contribution in [0.1, 0.15) is 43.6 Å². The molecule has 124 valence electrons. The van der Waals surface area contributed by atoms with Crippen LogP contribution < -0.4 is 0 Å². The van der Waals surface area contributed by atoms with Gasteiger partial charge in [0.05, 0.1) is 11.8 Å². The Kier molecular flexibility index (Phi) is 5.27. The van der Waals surface area contributed by atoms with E-state index in [1.165, 1.54) is 5.56 Å². The maximum Gasteiger partial charge on any atom is 0.225 e. The van der Waals surface area contributed by atoms with Gasteiger partial charge in [-0.25, -0.2) is 0 Å². The number of aromatic nitrogens is 2. The molecule has 0 aliphatic carbocycles. The summed E-state index contributed by atoms with van der Waals surface area (Å²) < 4.78 is 1.88. The third-order valence-electron chi connectivity index (χ3n) is 5.04. The van der Waals surface area contributed by atoms with Crippen molar-refractivity contribution >= 4 is 5.91 Å². The molecule has 0 aromatic carbocycles. The van der Waals surface area contributed by atoms with Crippen LogP contribution in [0.4, 0.5) is 0 Å². The van der Waals surface area contributed by atoms with Gasteiger partial charge in [0.2, 0.25) is 5.91 Å². The van der Waals surface area contributed by atoms with Crippen molar-refractivity contribution in [3.8, 4) is 0 Å². The van der Waals surface area contributed by atoms with Gasteiger partial charge < -0.3 is 10.0 Å². The highest BCUT2D eigenvalue weighted by Crippen LogP contribution is 2.23. The van der Waals surface area contributed by atoms with Gasteiger partial charge in [0, 0.05) is 37.7 Å². The van der Waals surface area contributed by atoms with E-state index < -0.39 is 0 Å². The van der Waals surface area contributed by atoms with Crippen LogP contribution in [0, 0.1) is 25.7 Å². The predicted molar refractivity (Wildman–Crippen MR) is 86.5 cm³/mol. The Morgan fingerprint density at radius 1 is 1.41 bits per heavy atom. The third kappa shape index (κ3) is 3.51. The molecule has 1 saturated heterocycles. The van der Waals surface area contributed by atoms with Gasteiger partial charge in [-0.05, 0) is 45.6 Å². The highest BCUT2D eigenvalue weighted by Gasteiger charge is 2.29. The van der Waals surface area contributed by atoms with Gasteiger partial charge >= 0.3 is 0 Å². The Bertz CT molecular complexity index is 536. The number of amides is 1. The first kappa shape index (κ1) is 17.0. The molecule has 3 atom stereocenters. The number of carbonyl (C=O) groups excluding carboxylic acids is 1. The maximum atomic E-state index is 12.7. The van der Waals surface area contributed by atoms with Crippen LogP contribution in [-0.2, 0) is 18.3 Å². The fourth-order valence-electron chi connectivity index (χ4n) is 3.42. The molecule has 5 heteroatoms. The fourth-order valence-corrected chi connectivity index (χ4v) is 3.42. The lowest BCUT2D eigenvalue weighted by Gasteiger charge is -2.35. The number of aliphatic hydroxyl groups is 1. The van der Waals surface area contributed by atoms with Gasteiger partial charge in [-0.2, -0.15) is 5.10 Å². The smallest absolute Gasteiger partial charge is 0.225 e. The van der Waals surface area contributed by atoms with Gasteiger partial charge in [0.25, 0.3) is 0 Å². The van der Waals surface area contributed by atoms with Gasteiger partial charge in [0.15, 0.2) is 0 Å². The molecule has 1 aliphatic heterocycles. The summed E-state index contributed by atoms with van der Waals surface area (Å²) in [6.45, 7) is 9.38. The van der Waals surface area contributed by atoms with Gasteiger partial charge in [-0.3, -0.25) is 9.48 Å². The summed E-state index contributed by atoms with van der Waals surface area (Å²) >= 11 is 0. The zero-order valence-corrected chi connectivity index (χ0v) is 14.5. The maximum absolute atomic E-state index is 12.7. The van der Waals surface area contributed by atoms with Crippen molar-refractivity contribution in [2.75, 3.05) is 13.1 Å². The summed E-state index contributed by atoms with van der Waals surface area (Å²) in [6.07, 6.45) is 2.39. The Labute approximate surface area is 133 Å². The molecule has 1 aromatic rings. The minimum Gasteiger partial charge on any atom is -0.393 e. The van der Waals surface area contributed by atoms with Crippen molar-refractivity contribution in [1.29, 1.82) is 0 Å². The minimum absolute atomic E-state index is 0.0469. The molecular formula is C17H29N3O2. The number of piperidine rings is 1. The van der Waals surface area contributed by atoms with Gasteiger partial charge in [-0.1, -0.05) is 6.92 Å². The van der Waals surface area contributed by atoms with E-state index in [9.17, 15) is 9.90 Å². The first-order valence-corrected chi connectivity index (χ1v) is 8.27. The molecule has 5 nitrogen and oxygen atoms in total. The molecular weight excluding hydrogens is 278 g/mol. The Hall–Kier alpha value is -1.36. The molecule has 22 heavy (non-hydrogen) atoms. The summed E-state index contributed by atoms with van der Waals surface area (Å²) in [6, 6.07) is 0. The Morgan fingerprint density at radius 2 is 2.09 bits per heavy atom. The van der Waals surface area contributed by atoms with Crippen LogP contribution in [0.15, 0.2) is 0 Å². The molecule has 1 aromatic heterocycles. The second-order valence-electron chi connectivity index (χ2n) is 6.81. The number of aliphatic hydroxyl groups excluding tert-OH is 1. The molecule has 0 spiro atoms. The van der Waals surface area contributed by atoms with E-state index in [1.54, 1.807) is 0 Å². The third-order valence-corrected chi connectivity index (χ3v) is 5.04. The largest absolute Gasteiger partial charge is 0.393 e. The number of carbonyl (C=O) groups is 1. The number of hydrogen-bond acceptors (Lipinski definition) is 3. The monoisotopic (exact) mass is 307 g/mol. The topological polar surface area (TPSA) is 58.4 Å². The van der Waals surface area contributed by atoms with E-state index in [2.05, 4.69) is 12.0 Å². The van der Waals surface area contributed by atoms with Crippen molar-refractivity contribution in [3.05, 3.63) is 17.0 Å². The lowest BCUT2D eigenvalue weighted by molar-refractivity contribution is -0.137. The number of nitrogens with zero attached hydrogens (tertiary/aromatic N) is 3.